The number of carbonyl (C=O) groups is 1. The van der Waals surface area contributed by atoms with Crippen LogP contribution in [0.25, 0.3) is 0 Å². The van der Waals surface area contributed by atoms with Crippen LogP contribution >= 0.6 is 11.3 Å². The number of piperazine rings is 1. The van der Waals surface area contributed by atoms with Gasteiger partial charge in [0.15, 0.2) is 11.6 Å². The lowest BCUT2D eigenvalue weighted by Gasteiger charge is -2.32. The van der Waals surface area contributed by atoms with Gasteiger partial charge in [-0.05, 0) is 55.0 Å². The summed E-state index contributed by atoms with van der Waals surface area (Å²) in [5, 5.41) is 0. The Kier molecular flexibility index (Phi) is 5.69. The molecule has 0 unspecified atom stereocenters. The number of nitrogens with zero attached hydrogens (tertiary/aromatic N) is 1. The van der Waals surface area contributed by atoms with Gasteiger partial charge in [-0.25, -0.2) is 4.39 Å². The molecule has 1 saturated heterocycles. The van der Waals surface area contributed by atoms with Gasteiger partial charge < -0.3 is 14.5 Å². The molecule has 1 aromatic heterocycles. The Hall–Kier alpha value is -1.92. The number of hydrogen-bond acceptors (Lipinski definition) is 3. The van der Waals surface area contributed by atoms with Gasteiger partial charge in [0.25, 0.3) is 5.91 Å². The molecule has 1 N–H and O–H groups in total. The molecule has 150 valence electrons. The molecule has 1 amide bonds. The zero-order chi connectivity index (χ0) is 19.7. The molecule has 1 aliphatic carbocycles. The first-order chi connectivity index (χ1) is 13.5. The average Bonchev–Trinajstić information content (AvgIpc) is 3.11. The number of thiophene rings is 1. The summed E-state index contributed by atoms with van der Waals surface area (Å²) in [4.78, 5) is 18.6. The SMILES string of the molecule is COc1ccc(C[NH+]2CCN(C(=O)c3cc4c(s3)CC[C@H](C)C4)CC2)cc1F. The van der Waals surface area contributed by atoms with Gasteiger partial charge in [0.2, 0.25) is 0 Å². The van der Waals surface area contributed by atoms with Crippen LogP contribution in [-0.4, -0.2) is 44.1 Å². The number of quaternary nitrogens is 1. The smallest absolute Gasteiger partial charge is 0.264 e. The van der Waals surface area contributed by atoms with Crippen molar-refractivity contribution in [2.75, 3.05) is 33.3 Å². The second-order valence-electron chi connectivity index (χ2n) is 8.09. The average molecular weight is 404 g/mol. The van der Waals surface area contributed by atoms with Crippen molar-refractivity contribution in [3.05, 3.63) is 51.0 Å². The molecule has 0 spiro atoms. The maximum absolute atomic E-state index is 13.9. The molecule has 2 heterocycles. The molecule has 0 bridgehead atoms. The number of halogens is 1. The number of ether oxygens (including phenoxy) is 1. The fraction of sp³-hybridized carbons (Fsp3) is 0.500. The summed E-state index contributed by atoms with van der Waals surface area (Å²) < 4.78 is 18.9. The van der Waals surface area contributed by atoms with Crippen LogP contribution in [-0.2, 0) is 19.4 Å². The molecule has 1 aliphatic heterocycles. The number of aryl methyl sites for hydroxylation is 1. The van der Waals surface area contributed by atoms with Gasteiger partial charge in [-0.15, -0.1) is 11.3 Å². The predicted octanol–water partition coefficient (Wildman–Crippen LogP) is 2.56. The molecule has 28 heavy (non-hydrogen) atoms. The number of carbonyl (C=O) groups excluding carboxylic acids is 1. The highest BCUT2D eigenvalue weighted by molar-refractivity contribution is 7.14. The minimum Gasteiger partial charge on any atom is -0.494 e. The van der Waals surface area contributed by atoms with Crippen LogP contribution in [0.3, 0.4) is 0 Å². The summed E-state index contributed by atoms with van der Waals surface area (Å²) >= 11 is 1.70. The van der Waals surface area contributed by atoms with Gasteiger partial charge in [0.1, 0.15) is 6.54 Å². The van der Waals surface area contributed by atoms with E-state index in [9.17, 15) is 9.18 Å². The summed E-state index contributed by atoms with van der Waals surface area (Å²) in [5.41, 5.74) is 2.35. The lowest BCUT2D eigenvalue weighted by Crippen LogP contribution is -3.13. The molecule has 2 aliphatic rings. The number of nitrogens with one attached hydrogen (secondary N) is 1. The predicted molar refractivity (Wildman–Crippen MR) is 109 cm³/mol. The van der Waals surface area contributed by atoms with Crippen LogP contribution in [0, 0.1) is 11.7 Å². The first-order valence-electron chi connectivity index (χ1n) is 10.1. The molecule has 4 nitrogen and oxygen atoms in total. The highest BCUT2D eigenvalue weighted by Gasteiger charge is 2.27. The van der Waals surface area contributed by atoms with Crippen molar-refractivity contribution in [2.24, 2.45) is 5.92 Å². The molecule has 1 aromatic carbocycles. The summed E-state index contributed by atoms with van der Waals surface area (Å²) in [7, 11) is 1.48. The topological polar surface area (TPSA) is 34.0 Å². The van der Waals surface area contributed by atoms with E-state index in [0.717, 1.165) is 61.9 Å². The van der Waals surface area contributed by atoms with Crippen LogP contribution in [0.2, 0.25) is 0 Å². The Morgan fingerprint density at radius 3 is 2.82 bits per heavy atom. The molecule has 6 heteroatoms. The van der Waals surface area contributed by atoms with E-state index in [1.165, 1.54) is 28.9 Å². The van der Waals surface area contributed by atoms with E-state index in [4.69, 9.17) is 4.74 Å². The van der Waals surface area contributed by atoms with Gasteiger partial charge in [-0.3, -0.25) is 4.79 Å². The molecule has 4 rings (SSSR count). The maximum atomic E-state index is 13.9. The Bertz CT molecular complexity index is 858. The van der Waals surface area contributed by atoms with E-state index in [1.54, 1.807) is 23.5 Å². The molecular weight excluding hydrogens is 375 g/mol. The van der Waals surface area contributed by atoms with Crippen molar-refractivity contribution >= 4 is 17.2 Å². The van der Waals surface area contributed by atoms with Crippen LogP contribution in [0.4, 0.5) is 4.39 Å². The number of benzene rings is 1. The maximum Gasteiger partial charge on any atom is 0.264 e. The van der Waals surface area contributed by atoms with Crippen molar-refractivity contribution in [2.45, 2.75) is 32.7 Å². The summed E-state index contributed by atoms with van der Waals surface area (Å²) in [6, 6.07) is 7.30. The van der Waals surface area contributed by atoms with Gasteiger partial charge in [0.05, 0.1) is 38.2 Å². The Labute approximate surface area is 169 Å². The van der Waals surface area contributed by atoms with E-state index in [-0.39, 0.29) is 17.5 Å². The lowest BCUT2D eigenvalue weighted by atomic mass is 9.90. The third kappa shape index (κ3) is 4.08. The lowest BCUT2D eigenvalue weighted by molar-refractivity contribution is -0.917. The highest BCUT2D eigenvalue weighted by Crippen LogP contribution is 2.32. The fourth-order valence-corrected chi connectivity index (χ4v) is 5.45. The molecule has 1 fully saturated rings. The van der Waals surface area contributed by atoms with Gasteiger partial charge in [-0.1, -0.05) is 6.92 Å². The first-order valence-corrected chi connectivity index (χ1v) is 10.9. The second-order valence-corrected chi connectivity index (χ2v) is 9.23. The van der Waals surface area contributed by atoms with E-state index in [0.29, 0.717) is 0 Å². The zero-order valence-electron chi connectivity index (χ0n) is 16.6. The second kappa shape index (κ2) is 8.21. The van der Waals surface area contributed by atoms with E-state index in [2.05, 4.69) is 13.0 Å². The van der Waals surface area contributed by atoms with Crippen molar-refractivity contribution in [3.63, 3.8) is 0 Å². The van der Waals surface area contributed by atoms with Gasteiger partial charge in [0, 0.05) is 10.4 Å². The first kappa shape index (κ1) is 19.4. The zero-order valence-corrected chi connectivity index (χ0v) is 17.4. The molecule has 0 radical (unpaired) electrons. The number of fused-ring (bicyclic) bond motifs is 1. The number of methoxy groups -OCH3 is 1. The summed E-state index contributed by atoms with van der Waals surface area (Å²) in [6.45, 7) is 6.35. The van der Waals surface area contributed by atoms with Crippen molar-refractivity contribution in [1.82, 2.24) is 4.90 Å². The number of amides is 1. The van der Waals surface area contributed by atoms with Crippen LogP contribution in [0.1, 0.15) is 39.0 Å². The largest absolute Gasteiger partial charge is 0.494 e. The van der Waals surface area contributed by atoms with Gasteiger partial charge in [-0.2, -0.15) is 0 Å². The molecule has 1 atom stereocenters. The Morgan fingerprint density at radius 2 is 2.11 bits per heavy atom. The fourth-order valence-electron chi connectivity index (χ4n) is 4.28. The van der Waals surface area contributed by atoms with E-state index >= 15 is 0 Å². The summed E-state index contributed by atoms with van der Waals surface area (Å²) in [5.74, 6) is 0.869. The normalized spacial score (nSPS) is 20.1. The Morgan fingerprint density at radius 1 is 1.32 bits per heavy atom. The monoisotopic (exact) mass is 403 g/mol. The van der Waals surface area contributed by atoms with E-state index < -0.39 is 0 Å². The van der Waals surface area contributed by atoms with E-state index in [1.807, 2.05) is 11.0 Å². The Balaban J connectivity index is 1.34. The third-order valence-corrected chi connectivity index (χ3v) is 7.19. The highest BCUT2D eigenvalue weighted by atomic mass is 32.1. The molecule has 2 aromatic rings. The minimum absolute atomic E-state index is 0.182. The number of hydrogen-bond donors (Lipinski definition) is 1. The quantitative estimate of drug-likeness (QED) is 0.851. The van der Waals surface area contributed by atoms with Gasteiger partial charge >= 0.3 is 0 Å². The molecule has 0 saturated carbocycles. The van der Waals surface area contributed by atoms with Crippen LogP contribution in [0.5, 0.6) is 5.75 Å². The number of rotatable bonds is 4. The molecular formula is C22H28FN2O2S+. The standard InChI is InChI=1S/C22H27FN2O2S/c1-15-3-6-20-17(11-15)13-21(28-20)22(26)25-9-7-24(8-10-25)14-16-4-5-19(27-2)18(23)12-16/h4-5,12-13,15H,3,6-11,14H2,1-2H3/p+1/t15-/m0/s1. The third-order valence-electron chi connectivity index (χ3n) is 5.97. The summed E-state index contributed by atoms with van der Waals surface area (Å²) in [6.07, 6.45) is 3.45. The van der Waals surface area contributed by atoms with Crippen LogP contribution in [0.15, 0.2) is 24.3 Å². The van der Waals surface area contributed by atoms with Crippen molar-refractivity contribution in [1.29, 1.82) is 0 Å². The minimum atomic E-state index is -0.316. The van der Waals surface area contributed by atoms with Crippen LogP contribution < -0.4 is 9.64 Å². The van der Waals surface area contributed by atoms with Crippen molar-refractivity contribution in [3.8, 4) is 5.75 Å². The van der Waals surface area contributed by atoms with Crippen molar-refractivity contribution < 1.29 is 18.8 Å².